The molecule has 1 atom stereocenters. The molecule has 0 radical (unpaired) electrons. The fourth-order valence-corrected chi connectivity index (χ4v) is 3.43. The average molecular weight is 422 g/mol. The van der Waals surface area contributed by atoms with E-state index in [-0.39, 0.29) is 19.2 Å². The zero-order valence-electron chi connectivity index (χ0n) is 17.0. The number of likely N-dealkylation sites (tertiary alicyclic amines) is 1. The first-order valence-electron chi connectivity index (χ1n) is 9.62. The van der Waals surface area contributed by atoms with Crippen LogP contribution in [0.4, 0.5) is 13.2 Å². The summed E-state index contributed by atoms with van der Waals surface area (Å²) in [6.07, 6.45) is -3.72. The van der Waals surface area contributed by atoms with Crippen molar-refractivity contribution >= 4 is 5.91 Å². The molecule has 1 amide bonds. The molecule has 30 heavy (non-hydrogen) atoms. The third-order valence-electron chi connectivity index (χ3n) is 5.38. The Hall–Kier alpha value is -2.58. The van der Waals surface area contributed by atoms with Crippen LogP contribution in [-0.4, -0.2) is 36.8 Å². The molecule has 1 saturated heterocycles. The van der Waals surface area contributed by atoms with Gasteiger partial charge >= 0.3 is 6.18 Å². The Bertz CT molecular complexity index is 888. The van der Waals surface area contributed by atoms with Crippen molar-refractivity contribution in [3.63, 3.8) is 0 Å². The molecule has 0 aromatic heterocycles. The van der Waals surface area contributed by atoms with Crippen molar-refractivity contribution in [1.82, 2.24) is 10.2 Å². The van der Waals surface area contributed by atoms with E-state index in [1.165, 1.54) is 6.07 Å². The minimum absolute atomic E-state index is 0.0481. The molecule has 3 rings (SSSR count). The SMILES string of the molecule is COCOc1cccc(CN2CCC2(C)C(=O)NCc2cccc(C(F)(F)F)c2)c1. The van der Waals surface area contributed by atoms with E-state index < -0.39 is 17.3 Å². The van der Waals surface area contributed by atoms with Crippen LogP contribution >= 0.6 is 0 Å². The smallest absolute Gasteiger partial charge is 0.416 e. The lowest BCUT2D eigenvalue weighted by molar-refractivity contribution is -0.142. The van der Waals surface area contributed by atoms with Gasteiger partial charge in [0.1, 0.15) is 5.75 Å². The number of ether oxygens (including phenoxy) is 2. The summed E-state index contributed by atoms with van der Waals surface area (Å²) in [6, 6.07) is 12.6. The summed E-state index contributed by atoms with van der Waals surface area (Å²) in [5.74, 6) is 0.489. The first-order valence-corrected chi connectivity index (χ1v) is 9.62. The number of hydrogen-bond donors (Lipinski definition) is 1. The van der Waals surface area contributed by atoms with Gasteiger partial charge in [0.05, 0.1) is 11.1 Å². The predicted octanol–water partition coefficient (Wildman–Crippen LogP) is 3.97. The number of carbonyl (C=O) groups excluding carboxylic acids is 1. The predicted molar refractivity (Wildman–Crippen MR) is 106 cm³/mol. The maximum atomic E-state index is 12.9. The first kappa shape index (κ1) is 22.1. The molecule has 0 spiro atoms. The molecule has 1 aliphatic heterocycles. The van der Waals surface area contributed by atoms with Gasteiger partial charge in [-0.25, -0.2) is 0 Å². The highest BCUT2D eigenvalue weighted by Crippen LogP contribution is 2.33. The molecular formula is C22H25F3N2O3. The minimum atomic E-state index is -4.40. The summed E-state index contributed by atoms with van der Waals surface area (Å²) < 4.78 is 48.9. The monoisotopic (exact) mass is 422 g/mol. The zero-order valence-corrected chi connectivity index (χ0v) is 17.0. The quantitative estimate of drug-likeness (QED) is 0.654. The maximum Gasteiger partial charge on any atom is 0.416 e. The van der Waals surface area contributed by atoms with Crippen LogP contribution < -0.4 is 10.1 Å². The molecule has 2 aromatic carbocycles. The van der Waals surface area contributed by atoms with Crippen molar-refractivity contribution in [3.05, 3.63) is 65.2 Å². The Balaban J connectivity index is 1.60. The molecule has 162 valence electrons. The molecule has 2 aromatic rings. The topological polar surface area (TPSA) is 50.8 Å². The summed E-state index contributed by atoms with van der Waals surface area (Å²) in [7, 11) is 1.55. The summed E-state index contributed by atoms with van der Waals surface area (Å²) in [5.41, 5.74) is -0.0115. The second-order valence-corrected chi connectivity index (χ2v) is 7.52. The van der Waals surface area contributed by atoms with Crippen molar-refractivity contribution in [2.24, 2.45) is 0 Å². The number of methoxy groups -OCH3 is 1. The molecule has 1 fully saturated rings. The number of rotatable bonds is 8. The van der Waals surface area contributed by atoms with Gasteiger partial charge in [0.2, 0.25) is 5.91 Å². The molecule has 0 saturated carbocycles. The lowest BCUT2D eigenvalue weighted by Gasteiger charge is -2.49. The largest absolute Gasteiger partial charge is 0.468 e. The summed E-state index contributed by atoms with van der Waals surface area (Å²) in [6.45, 7) is 3.38. The second-order valence-electron chi connectivity index (χ2n) is 7.52. The van der Waals surface area contributed by atoms with Crippen molar-refractivity contribution in [2.75, 3.05) is 20.4 Å². The maximum absolute atomic E-state index is 12.9. The Morgan fingerprint density at radius 3 is 2.57 bits per heavy atom. The molecule has 1 N–H and O–H groups in total. The van der Waals surface area contributed by atoms with E-state index in [2.05, 4.69) is 5.32 Å². The van der Waals surface area contributed by atoms with E-state index in [9.17, 15) is 18.0 Å². The number of hydrogen-bond acceptors (Lipinski definition) is 4. The van der Waals surface area contributed by atoms with Gasteiger partial charge in [0, 0.05) is 26.7 Å². The van der Waals surface area contributed by atoms with E-state index in [1.807, 2.05) is 36.1 Å². The van der Waals surface area contributed by atoms with Crippen molar-refractivity contribution in [3.8, 4) is 5.75 Å². The Morgan fingerprint density at radius 2 is 1.90 bits per heavy atom. The van der Waals surface area contributed by atoms with Crippen LogP contribution in [0, 0.1) is 0 Å². The summed E-state index contributed by atoms with van der Waals surface area (Å²) >= 11 is 0. The van der Waals surface area contributed by atoms with Crippen LogP contribution in [0.2, 0.25) is 0 Å². The van der Waals surface area contributed by atoms with E-state index in [0.717, 1.165) is 24.2 Å². The molecule has 1 unspecified atom stereocenters. The molecule has 5 nitrogen and oxygen atoms in total. The number of benzene rings is 2. The van der Waals surface area contributed by atoms with Crippen LogP contribution in [-0.2, 0) is 28.8 Å². The lowest BCUT2D eigenvalue weighted by Crippen LogP contribution is -2.65. The summed E-state index contributed by atoms with van der Waals surface area (Å²) in [4.78, 5) is 14.8. The number of amides is 1. The van der Waals surface area contributed by atoms with E-state index >= 15 is 0 Å². The van der Waals surface area contributed by atoms with Gasteiger partial charge in [-0.05, 0) is 48.7 Å². The van der Waals surface area contributed by atoms with Crippen LogP contribution in [0.5, 0.6) is 5.75 Å². The molecule has 1 aliphatic rings. The second kappa shape index (κ2) is 9.06. The van der Waals surface area contributed by atoms with E-state index in [1.54, 1.807) is 13.2 Å². The van der Waals surface area contributed by atoms with Gasteiger partial charge in [0.25, 0.3) is 0 Å². The molecule has 1 heterocycles. The third kappa shape index (κ3) is 5.12. The number of halogens is 3. The first-order chi connectivity index (χ1) is 14.2. The fraction of sp³-hybridized carbons (Fsp3) is 0.409. The van der Waals surface area contributed by atoms with Gasteiger partial charge in [-0.1, -0.05) is 24.3 Å². The van der Waals surface area contributed by atoms with Gasteiger partial charge in [-0.3, -0.25) is 9.69 Å². The van der Waals surface area contributed by atoms with Gasteiger partial charge in [-0.2, -0.15) is 13.2 Å². The molecule has 8 heteroatoms. The van der Waals surface area contributed by atoms with Crippen molar-refractivity contribution in [1.29, 1.82) is 0 Å². The lowest BCUT2D eigenvalue weighted by atomic mass is 9.85. The highest BCUT2D eigenvalue weighted by atomic mass is 19.4. The fourth-order valence-electron chi connectivity index (χ4n) is 3.43. The minimum Gasteiger partial charge on any atom is -0.468 e. The number of nitrogens with zero attached hydrogens (tertiary/aromatic N) is 1. The van der Waals surface area contributed by atoms with Gasteiger partial charge in [0.15, 0.2) is 6.79 Å². The number of nitrogens with one attached hydrogen (secondary N) is 1. The zero-order chi connectivity index (χ0) is 21.8. The highest BCUT2D eigenvalue weighted by Gasteiger charge is 2.46. The summed E-state index contributed by atoms with van der Waals surface area (Å²) in [5, 5.41) is 2.79. The highest BCUT2D eigenvalue weighted by molar-refractivity contribution is 5.86. The number of alkyl halides is 3. The van der Waals surface area contributed by atoms with Crippen LogP contribution in [0.25, 0.3) is 0 Å². The standard InChI is InChI=1S/C22H25F3N2O3/c1-21(20(28)26-13-16-5-3-7-18(11-16)22(23,24)25)9-10-27(21)14-17-6-4-8-19(12-17)30-15-29-2/h3-8,11-12H,9-10,13-15H2,1-2H3,(H,26,28). The van der Waals surface area contributed by atoms with E-state index in [0.29, 0.717) is 24.3 Å². The van der Waals surface area contributed by atoms with E-state index in [4.69, 9.17) is 9.47 Å². The Kier molecular flexibility index (Phi) is 6.67. The van der Waals surface area contributed by atoms with Crippen LogP contribution in [0.1, 0.15) is 30.0 Å². The molecule has 0 bridgehead atoms. The van der Waals surface area contributed by atoms with Gasteiger partial charge < -0.3 is 14.8 Å². The molecular weight excluding hydrogens is 397 g/mol. The Labute approximate surface area is 173 Å². The van der Waals surface area contributed by atoms with Crippen LogP contribution in [0.3, 0.4) is 0 Å². The average Bonchev–Trinajstić information content (AvgIpc) is 2.73. The Morgan fingerprint density at radius 1 is 1.17 bits per heavy atom. The molecule has 0 aliphatic carbocycles. The van der Waals surface area contributed by atoms with Crippen LogP contribution in [0.15, 0.2) is 48.5 Å². The normalized spacial score (nSPS) is 19.2. The third-order valence-corrected chi connectivity index (χ3v) is 5.38. The van der Waals surface area contributed by atoms with Crippen molar-refractivity contribution in [2.45, 2.75) is 38.1 Å². The number of carbonyl (C=O) groups is 1. The van der Waals surface area contributed by atoms with Gasteiger partial charge in [-0.15, -0.1) is 0 Å². The van der Waals surface area contributed by atoms with Crippen molar-refractivity contribution < 1.29 is 27.4 Å².